The Bertz CT molecular complexity index is 1970. The zero-order chi connectivity index (χ0) is 33.7. The predicted molar refractivity (Wildman–Crippen MR) is 192 cm³/mol. The lowest BCUT2D eigenvalue weighted by Crippen LogP contribution is -2.29. The Morgan fingerprint density at radius 2 is 1.73 bits per heavy atom. The fraction of sp³-hybridized carbons (Fsp3) is 0.375. The van der Waals surface area contributed by atoms with Gasteiger partial charge >= 0.3 is 0 Å². The van der Waals surface area contributed by atoms with Gasteiger partial charge in [-0.2, -0.15) is 5.26 Å². The molecular weight excluding hydrogens is 634 g/mol. The number of aromatic nitrogens is 2. The number of fused-ring (bicyclic) bond motifs is 1. The highest BCUT2D eigenvalue weighted by Gasteiger charge is 2.23. The van der Waals surface area contributed by atoms with Crippen molar-refractivity contribution in [1.29, 1.82) is 5.26 Å². The third-order valence-electron chi connectivity index (χ3n) is 9.89. The molecule has 2 aliphatic rings. The van der Waals surface area contributed by atoms with Crippen LogP contribution >= 0.6 is 11.6 Å². The fourth-order valence-electron chi connectivity index (χ4n) is 6.94. The van der Waals surface area contributed by atoms with Gasteiger partial charge in [0, 0.05) is 42.0 Å². The van der Waals surface area contributed by atoms with Gasteiger partial charge in [-0.05, 0) is 112 Å². The largest absolute Gasteiger partial charge is 0.488 e. The van der Waals surface area contributed by atoms with Crippen molar-refractivity contribution in [2.45, 2.75) is 64.7 Å². The molecule has 0 N–H and O–H groups in total. The molecule has 7 rings (SSSR count). The molecule has 2 aromatic heterocycles. The smallest absolute Gasteiger partial charge is 0.198 e. The molecule has 0 spiro atoms. The molecule has 252 valence electrons. The number of likely N-dealkylation sites (tertiary alicyclic amines) is 2. The van der Waals surface area contributed by atoms with Gasteiger partial charge in [-0.25, -0.2) is 4.98 Å². The summed E-state index contributed by atoms with van der Waals surface area (Å²) < 4.78 is 19.1. The maximum Gasteiger partial charge on any atom is 0.198 e. The Morgan fingerprint density at radius 3 is 2.55 bits per heavy atom. The predicted octanol–water partition coefficient (Wildman–Crippen LogP) is 8.68. The van der Waals surface area contributed by atoms with Gasteiger partial charge in [-0.15, -0.1) is 0 Å². The van der Waals surface area contributed by atoms with Crippen LogP contribution in [-0.4, -0.2) is 53.0 Å². The maximum absolute atomic E-state index is 9.31. The van der Waals surface area contributed by atoms with E-state index in [0.29, 0.717) is 28.9 Å². The number of ether oxygens (including phenoxy) is 2. The van der Waals surface area contributed by atoms with Crippen LogP contribution in [0.4, 0.5) is 0 Å². The van der Waals surface area contributed by atoms with Crippen LogP contribution in [0.2, 0.25) is 5.02 Å². The summed E-state index contributed by atoms with van der Waals surface area (Å²) >= 11 is 6.87. The molecule has 5 aromatic rings. The first kappa shape index (κ1) is 33.1. The molecule has 2 saturated heterocycles. The van der Waals surface area contributed by atoms with E-state index in [2.05, 4.69) is 71.2 Å². The van der Waals surface area contributed by atoms with Crippen molar-refractivity contribution in [3.8, 4) is 28.7 Å². The number of rotatable bonds is 10. The Morgan fingerprint density at radius 1 is 0.918 bits per heavy atom. The van der Waals surface area contributed by atoms with E-state index in [-0.39, 0.29) is 6.61 Å². The number of hydrogen-bond donors (Lipinski definition) is 0. The summed E-state index contributed by atoms with van der Waals surface area (Å²) in [5.74, 6) is 2.52. The van der Waals surface area contributed by atoms with Crippen molar-refractivity contribution in [2.75, 3.05) is 33.2 Å². The van der Waals surface area contributed by atoms with Crippen LogP contribution in [0.25, 0.3) is 22.2 Å². The molecule has 0 bridgehead atoms. The highest BCUT2D eigenvalue weighted by Crippen LogP contribution is 2.37. The first-order valence-corrected chi connectivity index (χ1v) is 17.6. The van der Waals surface area contributed by atoms with E-state index >= 15 is 0 Å². The van der Waals surface area contributed by atoms with Crippen molar-refractivity contribution < 1.29 is 13.9 Å². The number of nitriles is 1. The van der Waals surface area contributed by atoms with Crippen LogP contribution in [0.5, 0.6) is 11.5 Å². The van der Waals surface area contributed by atoms with E-state index < -0.39 is 0 Å². The number of nitrogens with zero attached hydrogens (tertiary/aromatic N) is 5. The fourth-order valence-corrected chi connectivity index (χ4v) is 7.18. The van der Waals surface area contributed by atoms with Crippen molar-refractivity contribution in [3.05, 3.63) is 106 Å². The Labute approximate surface area is 293 Å². The summed E-state index contributed by atoms with van der Waals surface area (Å²) in [4.78, 5) is 13.8. The van der Waals surface area contributed by atoms with Gasteiger partial charge in [0.25, 0.3) is 0 Å². The highest BCUT2D eigenvalue weighted by molar-refractivity contribution is 6.32. The molecule has 0 amide bonds. The third-order valence-corrected chi connectivity index (χ3v) is 10.2. The minimum atomic E-state index is 0.284. The number of hydrogen-bond acceptors (Lipinski definition) is 8. The van der Waals surface area contributed by atoms with E-state index in [1.807, 2.05) is 12.1 Å². The first-order chi connectivity index (χ1) is 23.9. The first-order valence-electron chi connectivity index (χ1n) is 17.3. The topological polar surface area (TPSA) is 87.7 Å². The van der Waals surface area contributed by atoms with E-state index in [4.69, 9.17) is 30.5 Å². The van der Waals surface area contributed by atoms with Gasteiger partial charge < -0.3 is 18.8 Å². The lowest BCUT2D eigenvalue weighted by Gasteiger charge is -2.27. The van der Waals surface area contributed by atoms with Gasteiger partial charge in [0.2, 0.25) is 0 Å². The number of piperidine rings is 2. The van der Waals surface area contributed by atoms with Gasteiger partial charge in [-0.3, -0.25) is 9.88 Å². The number of halogens is 1. The molecular formula is C40H42ClN5O3. The Balaban J connectivity index is 1.10. The van der Waals surface area contributed by atoms with Crippen molar-refractivity contribution in [2.24, 2.45) is 0 Å². The van der Waals surface area contributed by atoms with Crippen molar-refractivity contribution in [1.82, 2.24) is 19.8 Å². The van der Waals surface area contributed by atoms with E-state index in [0.717, 1.165) is 102 Å². The monoisotopic (exact) mass is 675 g/mol. The molecule has 0 radical (unpaired) electrons. The second-order valence-corrected chi connectivity index (χ2v) is 13.8. The van der Waals surface area contributed by atoms with Crippen LogP contribution in [0, 0.1) is 18.3 Å². The normalized spacial score (nSPS) is 16.1. The second-order valence-electron chi connectivity index (χ2n) is 13.4. The molecule has 0 unspecified atom stereocenters. The molecule has 2 aliphatic heterocycles. The number of benzene rings is 3. The molecule has 8 nitrogen and oxygen atoms in total. The summed E-state index contributed by atoms with van der Waals surface area (Å²) in [5.41, 5.74) is 8.49. The van der Waals surface area contributed by atoms with Gasteiger partial charge in [0.1, 0.15) is 36.3 Å². The zero-order valence-corrected chi connectivity index (χ0v) is 29.0. The Kier molecular flexibility index (Phi) is 10.1. The molecule has 4 heterocycles. The molecule has 0 atom stereocenters. The van der Waals surface area contributed by atoms with Crippen molar-refractivity contribution in [3.63, 3.8) is 0 Å². The van der Waals surface area contributed by atoms with Crippen LogP contribution in [0.15, 0.2) is 71.4 Å². The van der Waals surface area contributed by atoms with Crippen LogP contribution in [-0.2, 0) is 19.8 Å². The zero-order valence-electron chi connectivity index (χ0n) is 28.3. The molecule has 0 aliphatic carbocycles. The third kappa shape index (κ3) is 7.75. The van der Waals surface area contributed by atoms with E-state index in [1.165, 1.54) is 19.3 Å². The average Bonchev–Trinajstić information content (AvgIpc) is 3.56. The highest BCUT2D eigenvalue weighted by atomic mass is 35.5. The van der Waals surface area contributed by atoms with Crippen LogP contribution < -0.4 is 9.47 Å². The molecule has 2 fully saturated rings. The standard InChI is InChI=1S/C40H42ClN5O3/c1-27-32(7-6-8-34(27)31-9-10-36-39(19-31)49-40(44-36)30-11-15-45(2)16-12-30)26-48-38-20-37(47-25-29-17-28(21-42)22-43-23-29)33(18-35(38)41)24-46-13-4-3-5-14-46/h6-10,17-20,22-23,30H,3-5,11-16,24-26H2,1-2H3. The number of oxazole rings is 1. The van der Waals surface area contributed by atoms with Crippen molar-refractivity contribution >= 4 is 22.7 Å². The molecule has 3 aromatic carbocycles. The lowest BCUT2D eigenvalue weighted by atomic mass is 9.96. The Hall–Kier alpha value is -4.42. The van der Waals surface area contributed by atoms with Crippen LogP contribution in [0.1, 0.15) is 71.7 Å². The summed E-state index contributed by atoms with van der Waals surface area (Å²) in [6, 6.07) is 20.4. The van der Waals surface area contributed by atoms with Crippen LogP contribution in [0.3, 0.4) is 0 Å². The maximum atomic E-state index is 9.31. The van der Waals surface area contributed by atoms with E-state index in [1.54, 1.807) is 18.5 Å². The van der Waals surface area contributed by atoms with E-state index in [9.17, 15) is 5.26 Å². The lowest BCUT2D eigenvalue weighted by molar-refractivity contribution is 0.214. The molecule has 0 saturated carbocycles. The second kappa shape index (κ2) is 15.0. The summed E-state index contributed by atoms with van der Waals surface area (Å²) in [5, 5.41) is 9.87. The minimum absolute atomic E-state index is 0.284. The number of pyridine rings is 1. The average molecular weight is 676 g/mol. The quantitative estimate of drug-likeness (QED) is 0.145. The van der Waals surface area contributed by atoms with Gasteiger partial charge in [0.15, 0.2) is 11.5 Å². The summed E-state index contributed by atoms with van der Waals surface area (Å²) in [6.45, 7) is 7.77. The minimum Gasteiger partial charge on any atom is -0.488 e. The molecule has 49 heavy (non-hydrogen) atoms. The van der Waals surface area contributed by atoms with Gasteiger partial charge in [0.05, 0.1) is 10.6 Å². The van der Waals surface area contributed by atoms with Gasteiger partial charge in [-0.1, -0.05) is 42.3 Å². The SMILES string of the molecule is Cc1c(COc2cc(OCc3cncc(C#N)c3)c(CN3CCCCC3)cc2Cl)cccc1-c1ccc2nc(C3CCN(C)CC3)oc2c1. The summed E-state index contributed by atoms with van der Waals surface area (Å²) in [7, 11) is 2.17. The summed E-state index contributed by atoms with van der Waals surface area (Å²) in [6.07, 6.45) is 9.08. The molecule has 9 heteroatoms.